The Kier molecular flexibility index (Phi) is 6.19. The standard InChI is InChI=1S/C13H3BrCl4F6N2/c14-11(18)8(17)5-3-26(25-10(5)13(22,23)24)9-6(15)1-4(2-7(9)16)12(19,20)21/h1-3H/b11-8+. The maximum atomic E-state index is 13.2. The number of hydrogen-bond donors (Lipinski definition) is 0. The van der Waals surface area contributed by atoms with E-state index in [1.165, 1.54) is 0 Å². The molecule has 0 radical (unpaired) electrons. The Morgan fingerprint density at radius 2 is 1.46 bits per heavy atom. The Hall–Kier alpha value is -0.610. The lowest BCUT2D eigenvalue weighted by atomic mass is 10.2. The van der Waals surface area contributed by atoms with Crippen LogP contribution in [-0.2, 0) is 12.4 Å². The van der Waals surface area contributed by atoms with Crippen molar-refractivity contribution in [1.29, 1.82) is 0 Å². The minimum Gasteiger partial charge on any atom is -0.237 e. The van der Waals surface area contributed by atoms with E-state index in [9.17, 15) is 26.3 Å². The summed E-state index contributed by atoms with van der Waals surface area (Å²) in [5.41, 5.74) is -3.59. The van der Waals surface area contributed by atoms with E-state index >= 15 is 0 Å². The van der Waals surface area contributed by atoms with Crippen molar-refractivity contribution >= 4 is 67.4 Å². The zero-order valence-corrected chi connectivity index (χ0v) is 16.4. The highest BCUT2D eigenvalue weighted by atomic mass is 79.9. The average Bonchev–Trinajstić information content (AvgIpc) is 2.89. The molecule has 0 amide bonds. The Bertz CT molecular complexity index is 861. The summed E-state index contributed by atoms with van der Waals surface area (Å²) in [4.78, 5) is 0. The average molecular weight is 523 g/mol. The van der Waals surface area contributed by atoms with E-state index in [1.54, 1.807) is 0 Å². The van der Waals surface area contributed by atoms with Crippen LogP contribution in [0, 0.1) is 0 Å². The smallest absolute Gasteiger partial charge is 0.237 e. The number of aromatic nitrogens is 2. The van der Waals surface area contributed by atoms with Crippen LogP contribution in [-0.4, -0.2) is 9.78 Å². The molecule has 0 unspecified atom stereocenters. The first-order chi connectivity index (χ1) is 11.7. The topological polar surface area (TPSA) is 17.8 Å². The van der Waals surface area contributed by atoms with Crippen molar-refractivity contribution in [2.24, 2.45) is 0 Å². The van der Waals surface area contributed by atoms with Crippen LogP contribution in [0.4, 0.5) is 26.3 Å². The molecule has 0 bridgehead atoms. The monoisotopic (exact) mass is 520 g/mol. The summed E-state index contributed by atoms with van der Waals surface area (Å²) in [6.45, 7) is 0. The Labute approximate surface area is 170 Å². The molecular formula is C13H3BrCl4F6N2. The van der Waals surface area contributed by atoms with Gasteiger partial charge in [-0.15, -0.1) is 0 Å². The van der Waals surface area contributed by atoms with Crippen LogP contribution in [0.2, 0.25) is 10.0 Å². The number of nitrogens with zero attached hydrogens (tertiary/aromatic N) is 2. The Morgan fingerprint density at radius 3 is 1.85 bits per heavy atom. The first-order valence-corrected chi connectivity index (χ1v) is 8.48. The largest absolute Gasteiger partial charge is 0.435 e. The molecule has 0 saturated heterocycles. The van der Waals surface area contributed by atoms with Gasteiger partial charge in [-0.25, -0.2) is 4.68 Å². The van der Waals surface area contributed by atoms with Gasteiger partial charge in [0.05, 0.1) is 20.6 Å². The van der Waals surface area contributed by atoms with E-state index in [1.807, 2.05) is 0 Å². The third kappa shape index (κ3) is 4.44. The van der Waals surface area contributed by atoms with Gasteiger partial charge in [0.2, 0.25) is 0 Å². The molecule has 0 atom stereocenters. The van der Waals surface area contributed by atoms with E-state index < -0.39 is 44.3 Å². The van der Waals surface area contributed by atoms with Gasteiger partial charge in [-0.3, -0.25) is 0 Å². The van der Waals surface area contributed by atoms with Crippen molar-refractivity contribution in [2.45, 2.75) is 12.4 Å². The van der Waals surface area contributed by atoms with Gasteiger partial charge in [0.1, 0.15) is 9.63 Å². The molecule has 0 spiro atoms. The number of rotatable bonds is 2. The molecule has 1 heterocycles. The van der Waals surface area contributed by atoms with Crippen molar-refractivity contribution in [2.75, 3.05) is 0 Å². The van der Waals surface area contributed by atoms with Crippen molar-refractivity contribution < 1.29 is 26.3 Å². The summed E-state index contributed by atoms with van der Waals surface area (Å²) < 4.78 is 78.1. The van der Waals surface area contributed by atoms with Crippen LogP contribution in [0.5, 0.6) is 0 Å². The number of halogens is 11. The lowest BCUT2D eigenvalue weighted by Gasteiger charge is -2.12. The van der Waals surface area contributed by atoms with Gasteiger partial charge >= 0.3 is 12.4 Å². The SMILES string of the molecule is FC(F)(F)c1cc(Cl)c(-n2cc(/C(Cl)=C(\Cl)Br)c(C(F)(F)F)n2)c(Cl)c1. The highest BCUT2D eigenvalue weighted by Gasteiger charge is 2.39. The molecule has 13 heteroatoms. The van der Waals surface area contributed by atoms with Crippen molar-refractivity contribution in [3.05, 3.63) is 49.1 Å². The van der Waals surface area contributed by atoms with Crippen LogP contribution >= 0.6 is 62.3 Å². The maximum absolute atomic E-state index is 13.2. The molecule has 0 N–H and O–H groups in total. The van der Waals surface area contributed by atoms with Gasteiger partial charge in [-0.05, 0) is 28.1 Å². The van der Waals surface area contributed by atoms with Crippen molar-refractivity contribution in [3.63, 3.8) is 0 Å². The number of alkyl halides is 6. The molecule has 0 aliphatic rings. The van der Waals surface area contributed by atoms with Gasteiger partial charge < -0.3 is 0 Å². The fourth-order valence-corrected chi connectivity index (χ4v) is 3.02. The van der Waals surface area contributed by atoms with Crippen LogP contribution in [0.25, 0.3) is 10.7 Å². The highest BCUT2D eigenvalue weighted by Crippen LogP contribution is 2.41. The van der Waals surface area contributed by atoms with Gasteiger partial charge in [-0.1, -0.05) is 46.4 Å². The predicted octanol–water partition coefficient (Wildman–Crippen LogP) is 7.72. The van der Waals surface area contributed by atoms with E-state index in [4.69, 9.17) is 46.4 Å². The van der Waals surface area contributed by atoms with E-state index in [0.29, 0.717) is 16.8 Å². The second-order valence-electron chi connectivity index (χ2n) is 4.69. The first-order valence-electron chi connectivity index (χ1n) is 6.18. The van der Waals surface area contributed by atoms with Crippen LogP contribution in [0.15, 0.2) is 22.3 Å². The molecule has 2 rings (SSSR count). The number of benzene rings is 1. The normalized spacial score (nSPS) is 13.8. The molecule has 0 aliphatic heterocycles. The summed E-state index contributed by atoms with van der Waals surface area (Å²) in [6, 6.07) is 1.04. The molecule has 2 nitrogen and oxygen atoms in total. The molecular weight excluding hydrogens is 520 g/mol. The van der Waals surface area contributed by atoms with E-state index in [0.717, 1.165) is 6.20 Å². The minimum atomic E-state index is -4.93. The quantitative estimate of drug-likeness (QED) is 0.369. The number of hydrogen-bond acceptors (Lipinski definition) is 1. The summed E-state index contributed by atoms with van der Waals surface area (Å²) in [5, 5.41) is 1.69. The fourth-order valence-electron chi connectivity index (χ4n) is 1.91. The minimum absolute atomic E-state index is 0.325. The summed E-state index contributed by atoms with van der Waals surface area (Å²) in [7, 11) is 0. The summed E-state index contributed by atoms with van der Waals surface area (Å²) >= 11 is 25.6. The van der Waals surface area contributed by atoms with E-state index in [-0.39, 0.29) is 9.63 Å². The maximum Gasteiger partial charge on any atom is 0.435 e. The predicted molar refractivity (Wildman–Crippen MR) is 91.1 cm³/mol. The molecule has 0 aliphatic carbocycles. The second kappa shape index (κ2) is 7.43. The lowest BCUT2D eigenvalue weighted by molar-refractivity contribution is -0.141. The molecule has 0 fully saturated rings. The molecule has 0 saturated carbocycles. The third-order valence-corrected chi connectivity index (χ3v) is 4.84. The van der Waals surface area contributed by atoms with E-state index in [2.05, 4.69) is 21.0 Å². The first kappa shape index (κ1) is 21.7. The van der Waals surface area contributed by atoms with Gasteiger partial charge in [0.25, 0.3) is 0 Å². The molecule has 142 valence electrons. The van der Waals surface area contributed by atoms with Crippen LogP contribution in [0.3, 0.4) is 0 Å². The Balaban J connectivity index is 2.73. The van der Waals surface area contributed by atoms with Crippen LogP contribution < -0.4 is 0 Å². The zero-order chi connectivity index (χ0) is 20.0. The summed E-state index contributed by atoms with van der Waals surface area (Å²) in [5.74, 6) is 0. The molecule has 26 heavy (non-hydrogen) atoms. The Morgan fingerprint density at radius 1 is 0.962 bits per heavy atom. The van der Waals surface area contributed by atoms with Crippen LogP contribution in [0.1, 0.15) is 16.8 Å². The van der Waals surface area contributed by atoms with Gasteiger partial charge in [0, 0.05) is 11.8 Å². The molecule has 2 aromatic rings. The summed E-state index contributed by atoms with van der Waals surface area (Å²) in [6.07, 6.45) is -8.87. The molecule has 1 aromatic heterocycles. The fraction of sp³-hybridized carbons (Fsp3) is 0.154. The van der Waals surface area contributed by atoms with Gasteiger partial charge in [-0.2, -0.15) is 31.4 Å². The van der Waals surface area contributed by atoms with Crippen molar-refractivity contribution in [1.82, 2.24) is 9.78 Å². The van der Waals surface area contributed by atoms with Gasteiger partial charge in [0.15, 0.2) is 5.69 Å². The van der Waals surface area contributed by atoms with Crippen molar-refractivity contribution in [3.8, 4) is 5.69 Å². The zero-order valence-electron chi connectivity index (χ0n) is 11.8. The highest BCUT2D eigenvalue weighted by molar-refractivity contribution is 9.12. The molecule has 1 aromatic carbocycles. The lowest BCUT2D eigenvalue weighted by Crippen LogP contribution is -2.10. The second-order valence-corrected chi connectivity index (χ2v) is 7.51. The third-order valence-electron chi connectivity index (χ3n) is 2.96.